The molecule has 1 aromatic heterocycles. The number of rotatable bonds is 4. The highest BCUT2D eigenvalue weighted by Gasteiger charge is 2.53. The standard InChI is InChI=1S/C15H25N3O2/c1-14(2)12(13(19)15(3,4)20-14)10-17(5)8-11-7-16-18(6)9-11/h7,9,12H,8,10H2,1-6H3. The van der Waals surface area contributed by atoms with E-state index >= 15 is 0 Å². The van der Waals surface area contributed by atoms with Gasteiger partial charge >= 0.3 is 0 Å². The minimum Gasteiger partial charge on any atom is -0.361 e. The highest BCUT2D eigenvalue weighted by Crippen LogP contribution is 2.39. The van der Waals surface area contributed by atoms with Crippen molar-refractivity contribution in [2.24, 2.45) is 13.0 Å². The van der Waals surface area contributed by atoms with Crippen LogP contribution < -0.4 is 0 Å². The lowest BCUT2D eigenvalue weighted by Gasteiger charge is -2.28. The van der Waals surface area contributed by atoms with Crippen molar-refractivity contribution in [1.82, 2.24) is 14.7 Å². The van der Waals surface area contributed by atoms with Crippen molar-refractivity contribution in [2.75, 3.05) is 13.6 Å². The van der Waals surface area contributed by atoms with Crippen LogP contribution in [-0.2, 0) is 23.1 Å². The van der Waals surface area contributed by atoms with Gasteiger partial charge in [-0.3, -0.25) is 9.48 Å². The van der Waals surface area contributed by atoms with Crippen LogP contribution in [0.3, 0.4) is 0 Å². The number of ether oxygens (including phenoxy) is 1. The van der Waals surface area contributed by atoms with Crippen molar-refractivity contribution in [1.29, 1.82) is 0 Å². The molecule has 1 unspecified atom stereocenters. The molecular formula is C15H25N3O2. The van der Waals surface area contributed by atoms with Crippen LogP contribution in [0.5, 0.6) is 0 Å². The summed E-state index contributed by atoms with van der Waals surface area (Å²) in [5, 5.41) is 4.17. The molecule has 1 aliphatic rings. The lowest BCUT2D eigenvalue weighted by atomic mass is 9.85. The average molecular weight is 279 g/mol. The van der Waals surface area contributed by atoms with Crippen molar-refractivity contribution in [3.05, 3.63) is 18.0 Å². The molecular weight excluding hydrogens is 254 g/mol. The van der Waals surface area contributed by atoms with E-state index in [-0.39, 0.29) is 11.7 Å². The molecule has 2 heterocycles. The van der Waals surface area contributed by atoms with E-state index in [1.165, 1.54) is 0 Å². The maximum atomic E-state index is 12.5. The fraction of sp³-hybridized carbons (Fsp3) is 0.733. The van der Waals surface area contributed by atoms with Gasteiger partial charge in [-0.05, 0) is 34.7 Å². The molecule has 0 aromatic carbocycles. The van der Waals surface area contributed by atoms with Crippen molar-refractivity contribution < 1.29 is 9.53 Å². The molecule has 2 rings (SSSR count). The molecule has 1 fully saturated rings. The fourth-order valence-electron chi connectivity index (χ4n) is 3.06. The smallest absolute Gasteiger partial charge is 0.171 e. The van der Waals surface area contributed by atoms with Gasteiger partial charge in [0, 0.05) is 31.9 Å². The molecule has 0 saturated carbocycles. The van der Waals surface area contributed by atoms with Gasteiger partial charge in [0.2, 0.25) is 0 Å². The van der Waals surface area contributed by atoms with Gasteiger partial charge in [0.15, 0.2) is 5.78 Å². The SMILES string of the molecule is CN(Cc1cnn(C)c1)CC1C(=O)C(C)(C)OC1(C)C. The van der Waals surface area contributed by atoms with Gasteiger partial charge in [-0.25, -0.2) is 0 Å². The largest absolute Gasteiger partial charge is 0.361 e. The number of aryl methyl sites for hydroxylation is 1. The van der Waals surface area contributed by atoms with Crippen LogP contribution in [0.15, 0.2) is 12.4 Å². The lowest BCUT2D eigenvalue weighted by Crippen LogP contribution is -2.39. The minimum absolute atomic E-state index is 0.0980. The topological polar surface area (TPSA) is 47.4 Å². The van der Waals surface area contributed by atoms with Gasteiger partial charge in [0.25, 0.3) is 0 Å². The Labute approximate surface area is 120 Å². The van der Waals surface area contributed by atoms with Crippen LogP contribution in [0.25, 0.3) is 0 Å². The number of hydrogen-bond acceptors (Lipinski definition) is 4. The molecule has 0 amide bonds. The van der Waals surface area contributed by atoms with Gasteiger partial charge in [-0.15, -0.1) is 0 Å². The molecule has 1 atom stereocenters. The molecule has 5 nitrogen and oxygen atoms in total. The third kappa shape index (κ3) is 2.94. The summed E-state index contributed by atoms with van der Waals surface area (Å²) in [6.07, 6.45) is 3.86. The van der Waals surface area contributed by atoms with E-state index in [9.17, 15) is 4.79 Å². The number of Topliss-reactive ketones (excluding diaryl/α,β-unsaturated/α-hetero) is 1. The van der Waals surface area contributed by atoms with Gasteiger partial charge in [-0.1, -0.05) is 0 Å². The molecule has 1 saturated heterocycles. The Hall–Kier alpha value is -1.20. The molecule has 112 valence electrons. The summed E-state index contributed by atoms with van der Waals surface area (Å²) in [5.74, 6) is 0.0970. The average Bonchev–Trinajstić information content (AvgIpc) is 2.74. The van der Waals surface area contributed by atoms with E-state index in [0.29, 0.717) is 6.54 Å². The number of hydrogen-bond donors (Lipinski definition) is 0. The summed E-state index contributed by atoms with van der Waals surface area (Å²) >= 11 is 0. The maximum absolute atomic E-state index is 12.5. The summed E-state index contributed by atoms with van der Waals surface area (Å²) in [5.41, 5.74) is 0.0611. The summed E-state index contributed by atoms with van der Waals surface area (Å²) in [6, 6.07) is 0. The predicted molar refractivity (Wildman–Crippen MR) is 77.3 cm³/mol. The number of ketones is 1. The molecule has 1 aliphatic heterocycles. The first kappa shape index (κ1) is 15.2. The summed E-state index contributed by atoms with van der Waals surface area (Å²) < 4.78 is 7.72. The Morgan fingerprint density at radius 2 is 2.05 bits per heavy atom. The van der Waals surface area contributed by atoms with E-state index < -0.39 is 11.2 Å². The second kappa shape index (κ2) is 4.97. The Bertz CT molecular complexity index is 505. The minimum atomic E-state index is -0.677. The first-order chi connectivity index (χ1) is 9.12. The van der Waals surface area contributed by atoms with Crippen LogP contribution in [0.1, 0.15) is 33.3 Å². The van der Waals surface area contributed by atoms with E-state index in [2.05, 4.69) is 10.00 Å². The molecule has 20 heavy (non-hydrogen) atoms. The third-order valence-electron chi connectivity index (χ3n) is 3.97. The van der Waals surface area contributed by atoms with E-state index in [0.717, 1.165) is 12.1 Å². The van der Waals surface area contributed by atoms with E-state index in [1.807, 2.05) is 54.2 Å². The van der Waals surface area contributed by atoms with E-state index in [4.69, 9.17) is 4.74 Å². The van der Waals surface area contributed by atoms with Crippen LogP contribution in [-0.4, -0.2) is 45.3 Å². The van der Waals surface area contributed by atoms with Crippen LogP contribution in [0.2, 0.25) is 0 Å². The summed E-state index contributed by atoms with van der Waals surface area (Å²) in [7, 11) is 3.94. The Kier molecular flexibility index (Phi) is 3.77. The molecule has 0 bridgehead atoms. The maximum Gasteiger partial charge on any atom is 0.171 e. The Morgan fingerprint density at radius 3 is 2.50 bits per heavy atom. The fourth-order valence-corrected chi connectivity index (χ4v) is 3.06. The van der Waals surface area contributed by atoms with E-state index in [1.54, 1.807) is 4.68 Å². The first-order valence-electron chi connectivity index (χ1n) is 7.02. The van der Waals surface area contributed by atoms with Crippen LogP contribution in [0.4, 0.5) is 0 Å². The monoisotopic (exact) mass is 279 g/mol. The van der Waals surface area contributed by atoms with Crippen molar-refractivity contribution in [3.8, 4) is 0 Å². The quantitative estimate of drug-likeness (QED) is 0.840. The molecule has 5 heteroatoms. The predicted octanol–water partition coefficient (Wildman–Crippen LogP) is 1.62. The van der Waals surface area contributed by atoms with Crippen molar-refractivity contribution in [2.45, 2.75) is 45.4 Å². The second-order valence-corrected chi connectivity index (χ2v) is 6.85. The number of carbonyl (C=O) groups is 1. The second-order valence-electron chi connectivity index (χ2n) is 6.85. The lowest BCUT2D eigenvalue weighted by molar-refractivity contribution is -0.132. The zero-order chi connectivity index (χ0) is 15.1. The number of aromatic nitrogens is 2. The highest BCUT2D eigenvalue weighted by molar-refractivity contribution is 5.91. The van der Waals surface area contributed by atoms with Crippen LogP contribution >= 0.6 is 0 Å². The number of nitrogens with zero attached hydrogens (tertiary/aromatic N) is 3. The highest BCUT2D eigenvalue weighted by atomic mass is 16.5. The van der Waals surface area contributed by atoms with Crippen molar-refractivity contribution >= 4 is 5.78 Å². The molecule has 1 aromatic rings. The molecule has 0 spiro atoms. The normalized spacial score (nSPS) is 24.6. The summed E-state index contributed by atoms with van der Waals surface area (Å²) in [6.45, 7) is 9.21. The van der Waals surface area contributed by atoms with Gasteiger partial charge in [0.1, 0.15) is 5.60 Å². The molecule has 0 radical (unpaired) electrons. The first-order valence-corrected chi connectivity index (χ1v) is 7.02. The number of carbonyl (C=O) groups excluding carboxylic acids is 1. The Balaban J connectivity index is 2.03. The molecule has 0 aliphatic carbocycles. The van der Waals surface area contributed by atoms with Gasteiger partial charge in [-0.2, -0.15) is 5.10 Å². The van der Waals surface area contributed by atoms with Crippen molar-refractivity contribution in [3.63, 3.8) is 0 Å². The van der Waals surface area contributed by atoms with Crippen LogP contribution in [0, 0.1) is 5.92 Å². The molecule has 0 N–H and O–H groups in total. The van der Waals surface area contributed by atoms with Gasteiger partial charge < -0.3 is 9.64 Å². The summed E-state index contributed by atoms with van der Waals surface area (Å²) in [4.78, 5) is 14.6. The Morgan fingerprint density at radius 1 is 1.40 bits per heavy atom. The third-order valence-corrected chi connectivity index (χ3v) is 3.97. The zero-order valence-corrected chi connectivity index (χ0v) is 13.3. The zero-order valence-electron chi connectivity index (χ0n) is 13.3. The van der Waals surface area contributed by atoms with Gasteiger partial charge in [0.05, 0.1) is 17.7 Å².